The van der Waals surface area contributed by atoms with Gasteiger partial charge in [-0.1, -0.05) is 27.7 Å². The predicted molar refractivity (Wildman–Crippen MR) is 79.2 cm³/mol. The number of hydrogen-bond donors (Lipinski definition) is 1. The molecule has 106 valence electrons. The van der Waals surface area contributed by atoms with Crippen molar-refractivity contribution in [3.63, 3.8) is 0 Å². The molecule has 0 aliphatic heterocycles. The van der Waals surface area contributed by atoms with Crippen LogP contribution in [0.2, 0.25) is 0 Å². The van der Waals surface area contributed by atoms with Gasteiger partial charge in [-0.2, -0.15) is 0 Å². The topological polar surface area (TPSA) is 42.0 Å². The van der Waals surface area contributed by atoms with Gasteiger partial charge in [0.25, 0.3) is 0 Å². The molecule has 0 fully saturated rings. The highest BCUT2D eigenvalue weighted by Crippen LogP contribution is 2.37. The molecule has 0 aromatic carbocycles. The lowest BCUT2D eigenvalue weighted by Gasteiger charge is -2.35. The van der Waals surface area contributed by atoms with Gasteiger partial charge >= 0.3 is 0 Å². The van der Waals surface area contributed by atoms with Crippen LogP contribution in [0.4, 0.5) is 0 Å². The van der Waals surface area contributed by atoms with Gasteiger partial charge in [-0.3, -0.25) is 9.78 Å². The van der Waals surface area contributed by atoms with Crippen LogP contribution in [0.5, 0.6) is 0 Å². The van der Waals surface area contributed by atoms with Gasteiger partial charge in [-0.25, -0.2) is 0 Å². The number of likely N-dealkylation sites (N-methyl/N-ethyl adjacent to an activating group) is 1. The summed E-state index contributed by atoms with van der Waals surface area (Å²) in [7, 11) is 1.83. The Morgan fingerprint density at radius 1 is 1.26 bits per heavy atom. The van der Waals surface area contributed by atoms with Crippen molar-refractivity contribution < 1.29 is 4.79 Å². The lowest BCUT2D eigenvalue weighted by atomic mass is 9.69. The van der Waals surface area contributed by atoms with Crippen LogP contribution < -0.4 is 5.32 Å². The van der Waals surface area contributed by atoms with Crippen LogP contribution in [0.3, 0.4) is 0 Å². The molecule has 19 heavy (non-hydrogen) atoms. The first-order valence-corrected chi connectivity index (χ1v) is 6.83. The van der Waals surface area contributed by atoms with Crippen LogP contribution in [-0.2, 0) is 10.2 Å². The van der Waals surface area contributed by atoms with E-state index < -0.39 is 0 Å². The van der Waals surface area contributed by atoms with Crippen molar-refractivity contribution >= 4 is 5.78 Å². The zero-order valence-electron chi connectivity index (χ0n) is 12.9. The third kappa shape index (κ3) is 3.87. The molecule has 0 saturated carbocycles. The number of aromatic nitrogens is 1. The number of nitrogens with zero attached hydrogens (tertiary/aromatic N) is 1. The van der Waals surface area contributed by atoms with E-state index in [2.05, 4.69) is 24.1 Å². The number of Topliss-reactive ketones (excluding diaryl/α,β-unsaturated/α-hetero) is 1. The molecule has 0 radical (unpaired) electrons. The minimum absolute atomic E-state index is 0.0461. The van der Waals surface area contributed by atoms with Crippen LogP contribution in [0, 0.1) is 5.41 Å². The Morgan fingerprint density at radius 3 is 2.26 bits per heavy atom. The van der Waals surface area contributed by atoms with Crippen molar-refractivity contribution in [3.05, 3.63) is 30.1 Å². The summed E-state index contributed by atoms with van der Waals surface area (Å²) in [5, 5.41) is 3.04. The van der Waals surface area contributed by atoms with Gasteiger partial charge in [0.05, 0.1) is 6.04 Å². The predicted octanol–water partition coefficient (Wildman–Crippen LogP) is 2.95. The van der Waals surface area contributed by atoms with Crippen molar-refractivity contribution in [1.82, 2.24) is 10.3 Å². The molecule has 0 aliphatic carbocycles. The first kappa shape index (κ1) is 15.8. The first-order valence-electron chi connectivity index (χ1n) is 6.83. The number of hydrogen-bond acceptors (Lipinski definition) is 3. The number of ketones is 1. The highest BCUT2D eigenvalue weighted by Gasteiger charge is 2.37. The van der Waals surface area contributed by atoms with E-state index >= 15 is 0 Å². The van der Waals surface area contributed by atoms with Crippen LogP contribution in [0.1, 0.15) is 46.6 Å². The molecule has 3 nitrogen and oxygen atoms in total. The van der Waals surface area contributed by atoms with Crippen LogP contribution >= 0.6 is 0 Å². The van der Waals surface area contributed by atoms with E-state index in [-0.39, 0.29) is 22.7 Å². The maximum Gasteiger partial charge on any atom is 0.155 e. The number of rotatable bonds is 6. The van der Waals surface area contributed by atoms with Gasteiger partial charge in [0.1, 0.15) is 0 Å². The molecule has 0 amide bonds. The summed E-state index contributed by atoms with van der Waals surface area (Å²) >= 11 is 0. The molecule has 3 heteroatoms. The summed E-state index contributed by atoms with van der Waals surface area (Å²) in [5.41, 5.74) is 0.825. The summed E-state index contributed by atoms with van der Waals surface area (Å²) < 4.78 is 0. The van der Waals surface area contributed by atoms with E-state index in [0.717, 1.165) is 6.42 Å². The smallest absolute Gasteiger partial charge is 0.155 e. The Kier molecular flexibility index (Phi) is 4.86. The average molecular weight is 262 g/mol. The Hall–Kier alpha value is -1.22. The minimum atomic E-state index is -0.352. The Bertz CT molecular complexity index is 424. The maximum absolute atomic E-state index is 12.4. The second kappa shape index (κ2) is 5.83. The van der Waals surface area contributed by atoms with E-state index in [1.165, 1.54) is 5.56 Å². The quantitative estimate of drug-likeness (QED) is 0.857. The Morgan fingerprint density at radius 2 is 1.79 bits per heavy atom. The highest BCUT2D eigenvalue weighted by molar-refractivity contribution is 5.88. The summed E-state index contributed by atoms with van der Waals surface area (Å²) in [6, 6.07) is 3.95. The van der Waals surface area contributed by atoms with E-state index in [0.29, 0.717) is 0 Å². The normalized spacial score (nSPS) is 14.2. The third-order valence-electron chi connectivity index (χ3n) is 3.84. The van der Waals surface area contributed by atoms with Gasteiger partial charge in [0.2, 0.25) is 0 Å². The number of carbonyl (C=O) groups excluding carboxylic acids is 1. The van der Waals surface area contributed by atoms with Crippen LogP contribution in [0.25, 0.3) is 0 Å². The molecule has 0 aliphatic rings. The van der Waals surface area contributed by atoms with E-state index in [9.17, 15) is 4.79 Å². The fourth-order valence-corrected chi connectivity index (χ4v) is 2.81. The number of carbonyl (C=O) groups is 1. The standard InChI is InChI=1S/C16H26N2O/c1-12(17-6)14(19)16(4,5)11-15(2,3)13-7-9-18-10-8-13/h7-10,12,17H,11H2,1-6H3/t12-/m1/s1. The van der Waals surface area contributed by atoms with Gasteiger partial charge in [-0.15, -0.1) is 0 Å². The molecule has 1 aromatic heterocycles. The molecular weight excluding hydrogens is 236 g/mol. The molecule has 0 unspecified atom stereocenters. The third-order valence-corrected chi connectivity index (χ3v) is 3.84. The molecule has 1 aromatic rings. The second-order valence-corrected chi connectivity index (χ2v) is 6.56. The second-order valence-electron chi connectivity index (χ2n) is 6.56. The first-order chi connectivity index (χ1) is 8.70. The van der Waals surface area contributed by atoms with Gasteiger partial charge in [0.15, 0.2) is 5.78 Å². The van der Waals surface area contributed by atoms with Gasteiger partial charge in [-0.05, 0) is 43.5 Å². The summed E-state index contributed by atoms with van der Waals surface area (Å²) in [5.74, 6) is 0.261. The fourth-order valence-electron chi connectivity index (χ4n) is 2.81. The molecule has 0 bridgehead atoms. The largest absolute Gasteiger partial charge is 0.311 e. The van der Waals surface area contributed by atoms with E-state index in [1.54, 1.807) is 0 Å². The minimum Gasteiger partial charge on any atom is -0.311 e. The molecule has 1 heterocycles. The van der Waals surface area contributed by atoms with Crippen LogP contribution in [0.15, 0.2) is 24.5 Å². The van der Waals surface area contributed by atoms with Crippen molar-refractivity contribution in [1.29, 1.82) is 0 Å². The van der Waals surface area contributed by atoms with Crippen LogP contribution in [-0.4, -0.2) is 23.9 Å². The SMILES string of the molecule is CN[C@H](C)C(=O)C(C)(C)CC(C)(C)c1ccncc1. The molecule has 1 rings (SSSR count). The molecule has 1 N–H and O–H groups in total. The summed E-state index contributed by atoms with van der Waals surface area (Å²) in [6.07, 6.45) is 4.43. The molecule has 1 atom stereocenters. The monoisotopic (exact) mass is 262 g/mol. The van der Waals surface area contributed by atoms with Crippen molar-refractivity contribution in [2.45, 2.75) is 52.5 Å². The Balaban J connectivity index is 2.91. The fraction of sp³-hybridized carbons (Fsp3) is 0.625. The number of pyridine rings is 1. The molecular formula is C16H26N2O. The maximum atomic E-state index is 12.4. The van der Waals surface area contributed by atoms with Crippen molar-refractivity contribution in [3.8, 4) is 0 Å². The van der Waals surface area contributed by atoms with E-state index in [4.69, 9.17) is 0 Å². The zero-order chi connectivity index (χ0) is 14.7. The van der Waals surface area contributed by atoms with E-state index in [1.807, 2.05) is 52.3 Å². The van der Waals surface area contributed by atoms with Gasteiger partial charge in [0, 0.05) is 17.8 Å². The molecule has 0 spiro atoms. The zero-order valence-corrected chi connectivity index (χ0v) is 12.9. The highest BCUT2D eigenvalue weighted by atomic mass is 16.1. The lowest BCUT2D eigenvalue weighted by molar-refractivity contribution is -0.129. The number of nitrogens with one attached hydrogen (secondary N) is 1. The lowest BCUT2D eigenvalue weighted by Crippen LogP contribution is -2.43. The summed E-state index contributed by atoms with van der Waals surface area (Å²) in [4.78, 5) is 16.5. The van der Waals surface area contributed by atoms with Crippen molar-refractivity contribution in [2.24, 2.45) is 5.41 Å². The van der Waals surface area contributed by atoms with Gasteiger partial charge < -0.3 is 5.32 Å². The molecule has 0 saturated heterocycles. The Labute approximate surface area is 116 Å². The summed E-state index contributed by atoms with van der Waals surface area (Å²) in [6.45, 7) is 10.4. The average Bonchev–Trinajstić information content (AvgIpc) is 2.36. The van der Waals surface area contributed by atoms with Crippen molar-refractivity contribution in [2.75, 3.05) is 7.05 Å².